The van der Waals surface area contributed by atoms with Crippen LogP contribution in [0.15, 0.2) is 42.6 Å². The quantitative estimate of drug-likeness (QED) is 0.503. The first kappa shape index (κ1) is 22.5. The van der Waals surface area contributed by atoms with Crippen LogP contribution in [0.5, 0.6) is 5.88 Å². The summed E-state index contributed by atoms with van der Waals surface area (Å²) in [6, 6.07) is 10.9. The van der Waals surface area contributed by atoms with E-state index < -0.39 is 18.3 Å². The van der Waals surface area contributed by atoms with Gasteiger partial charge < -0.3 is 14.6 Å². The maximum absolute atomic E-state index is 12.9. The normalized spacial score (nSPS) is 16.1. The summed E-state index contributed by atoms with van der Waals surface area (Å²) in [4.78, 5) is 17.0. The van der Waals surface area contributed by atoms with Crippen LogP contribution in [0.3, 0.4) is 0 Å². The fourth-order valence-corrected chi connectivity index (χ4v) is 4.18. The van der Waals surface area contributed by atoms with Crippen LogP contribution in [0.4, 0.5) is 13.2 Å². The molecule has 1 aliphatic carbocycles. The van der Waals surface area contributed by atoms with Crippen molar-refractivity contribution in [2.24, 2.45) is 7.05 Å². The van der Waals surface area contributed by atoms with Crippen LogP contribution < -0.4 is 10.1 Å². The van der Waals surface area contributed by atoms with E-state index in [1.807, 2.05) is 49.0 Å². The molecule has 1 fully saturated rings. The largest absolute Gasteiger partial charge is 0.468 e. The number of nitrogens with zero attached hydrogens (tertiary/aromatic N) is 2. The minimum absolute atomic E-state index is 0.0186. The number of fused-ring (bicyclic) bond motifs is 1. The minimum atomic E-state index is -4.48. The second-order valence-electron chi connectivity index (χ2n) is 8.35. The lowest BCUT2D eigenvalue weighted by atomic mass is 9.94. The molecule has 32 heavy (non-hydrogen) atoms. The maximum Gasteiger partial charge on any atom is 0.422 e. The first-order valence-corrected chi connectivity index (χ1v) is 10.7. The number of halogens is 4. The van der Waals surface area contributed by atoms with E-state index in [-0.39, 0.29) is 29.1 Å². The highest BCUT2D eigenvalue weighted by Crippen LogP contribution is 2.46. The molecular formula is C23H23ClF3N3O2. The highest BCUT2D eigenvalue weighted by molar-refractivity contribution is 6.30. The molecule has 0 aliphatic heterocycles. The monoisotopic (exact) mass is 465 g/mol. The Bertz CT molecular complexity index is 1160. The molecule has 2 heterocycles. The van der Waals surface area contributed by atoms with Gasteiger partial charge in [0.25, 0.3) is 0 Å². The summed E-state index contributed by atoms with van der Waals surface area (Å²) in [5.74, 6) is -0.383. The molecule has 1 aromatic carbocycles. The van der Waals surface area contributed by atoms with Crippen molar-refractivity contribution in [3.63, 3.8) is 0 Å². The molecular weight excluding hydrogens is 443 g/mol. The van der Waals surface area contributed by atoms with Crippen molar-refractivity contribution in [1.82, 2.24) is 14.9 Å². The van der Waals surface area contributed by atoms with Crippen molar-refractivity contribution < 1.29 is 22.7 Å². The number of carbonyl (C=O) groups is 1. The minimum Gasteiger partial charge on any atom is -0.468 e. The number of amides is 1. The number of aromatic nitrogens is 2. The van der Waals surface area contributed by atoms with Crippen LogP contribution in [0, 0.1) is 0 Å². The van der Waals surface area contributed by atoms with Crippen molar-refractivity contribution in [1.29, 1.82) is 0 Å². The maximum atomic E-state index is 12.9. The van der Waals surface area contributed by atoms with Crippen molar-refractivity contribution in [2.45, 2.75) is 43.8 Å². The highest BCUT2D eigenvalue weighted by Gasteiger charge is 2.47. The predicted octanol–water partition coefficient (Wildman–Crippen LogP) is 5.47. The Morgan fingerprint density at radius 3 is 2.75 bits per heavy atom. The van der Waals surface area contributed by atoms with Gasteiger partial charge in [0, 0.05) is 41.7 Å². The lowest BCUT2D eigenvalue weighted by Gasteiger charge is -2.20. The summed E-state index contributed by atoms with van der Waals surface area (Å²) < 4.78 is 44.2. The second-order valence-corrected chi connectivity index (χ2v) is 8.79. The van der Waals surface area contributed by atoms with E-state index >= 15 is 0 Å². The number of pyridine rings is 1. The first-order chi connectivity index (χ1) is 15.1. The number of hydrogen-bond donors (Lipinski definition) is 1. The molecule has 0 radical (unpaired) electrons. The summed E-state index contributed by atoms with van der Waals surface area (Å²) in [6.07, 6.45) is -0.953. The lowest BCUT2D eigenvalue weighted by Crippen LogP contribution is -2.36. The molecule has 1 aliphatic rings. The Labute approximate surface area is 188 Å². The van der Waals surface area contributed by atoms with Crippen molar-refractivity contribution in [3.05, 3.63) is 58.9 Å². The van der Waals surface area contributed by atoms with Gasteiger partial charge in [-0.3, -0.25) is 4.79 Å². The average Bonchev–Trinajstić information content (AvgIpc) is 3.40. The van der Waals surface area contributed by atoms with Gasteiger partial charge in [0.1, 0.15) is 0 Å². The van der Waals surface area contributed by atoms with Gasteiger partial charge in [-0.1, -0.05) is 30.7 Å². The molecule has 1 N–H and O–H groups in total. The Morgan fingerprint density at radius 1 is 1.31 bits per heavy atom. The van der Waals surface area contributed by atoms with E-state index in [2.05, 4.69) is 10.3 Å². The molecule has 3 aromatic rings. The van der Waals surface area contributed by atoms with Crippen molar-refractivity contribution in [3.8, 4) is 5.88 Å². The van der Waals surface area contributed by atoms with E-state index in [0.717, 1.165) is 16.5 Å². The number of ether oxygens (including phenoxy) is 1. The highest BCUT2D eigenvalue weighted by atomic mass is 35.5. The molecule has 1 amide bonds. The third kappa shape index (κ3) is 4.85. The smallest absolute Gasteiger partial charge is 0.422 e. The number of nitrogens with one attached hydrogen (secondary N) is 1. The summed E-state index contributed by atoms with van der Waals surface area (Å²) in [7, 11) is 1.98. The second kappa shape index (κ2) is 8.31. The predicted molar refractivity (Wildman–Crippen MR) is 116 cm³/mol. The molecule has 1 saturated carbocycles. The number of aryl methyl sites for hydroxylation is 1. The topological polar surface area (TPSA) is 56.1 Å². The van der Waals surface area contributed by atoms with Crippen LogP contribution in [0.25, 0.3) is 10.9 Å². The van der Waals surface area contributed by atoms with Crippen LogP contribution in [-0.4, -0.2) is 28.2 Å². The molecule has 0 bridgehead atoms. The first-order valence-electron chi connectivity index (χ1n) is 10.3. The average molecular weight is 466 g/mol. The number of hydrogen-bond acceptors (Lipinski definition) is 3. The van der Waals surface area contributed by atoms with Gasteiger partial charge >= 0.3 is 6.18 Å². The number of alkyl halides is 3. The summed E-state index contributed by atoms with van der Waals surface area (Å²) in [5.41, 5.74) is 1.87. The van der Waals surface area contributed by atoms with Crippen molar-refractivity contribution in [2.75, 3.05) is 6.61 Å². The van der Waals surface area contributed by atoms with Crippen LogP contribution in [0.2, 0.25) is 5.02 Å². The summed E-state index contributed by atoms with van der Waals surface area (Å²) in [6.45, 7) is 0.545. The van der Waals surface area contributed by atoms with Crippen LogP contribution in [-0.2, 0) is 17.4 Å². The zero-order valence-electron chi connectivity index (χ0n) is 17.7. The number of carbonyl (C=O) groups excluding carboxylic acids is 1. The van der Waals surface area contributed by atoms with Gasteiger partial charge in [0.2, 0.25) is 11.8 Å². The lowest BCUT2D eigenvalue weighted by molar-refractivity contribution is -0.154. The standard InChI is InChI=1S/C23H23ClF3N3O2/c1-14(16-4-3-5-18-17(16)6-9-30(18)2)10-20(31)29-22(7-8-22)19-11-15(24)12-21(28-19)32-13-23(25,26)27/h3-6,9,11-12,14H,7-8,10,13H2,1-2H3,(H,29,31). The zero-order valence-corrected chi connectivity index (χ0v) is 18.4. The third-order valence-electron chi connectivity index (χ3n) is 5.75. The molecule has 170 valence electrons. The molecule has 2 aromatic heterocycles. The van der Waals surface area contributed by atoms with E-state index in [0.29, 0.717) is 18.5 Å². The molecule has 0 saturated heterocycles. The van der Waals surface area contributed by atoms with E-state index in [4.69, 9.17) is 16.3 Å². The third-order valence-corrected chi connectivity index (χ3v) is 5.97. The van der Waals surface area contributed by atoms with Gasteiger partial charge in [-0.25, -0.2) is 4.98 Å². The molecule has 1 unspecified atom stereocenters. The zero-order chi connectivity index (χ0) is 23.1. The molecule has 4 rings (SSSR count). The van der Waals surface area contributed by atoms with E-state index in [9.17, 15) is 18.0 Å². The molecule has 0 spiro atoms. The molecule has 1 atom stereocenters. The number of rotatable bonds is 7. The SMILES string of the molecule is CC(CC(=O)NC1(c2cc(Cl)cc(OCC(F)(F)F)n2)CC1)c1cccc2c1ccn2C. The fraction of sp³-hybridized carbons (Fsp3) is 0.391. The Morgan fingerprint density at radius 2 is 2.06 bits per heavy atom. The fourth-order valence-electron chi connectivity index (χ4n) is 3.98. The van der Waals surface area contributed by atoms with Gasteiger partial charge in [0.05, 0.1) is 11.2 Å². The van der Waals surface area contributed by atoms with Crippen LogP contribution >= 0.6 is 11.6 Å². The Kier molecular flexibility index (Phi) is 5.83. The Balaban J connectivity index is 1.47. The molecule has 5 nitrogen and oxygen atoms in total. The number of benzene rings is 1. The van der Waals surface area contributed by atoms with Crippen LogP contribution in [0.1, 0.15) is 43.4 Å². The molecule has 9 heteroatoms. The summed E-state index contributed by atoms with van der Waals surface area (Å²) in [5, 5.41) is 4.34. The van der Waals surface area contributed by atoms with E-state index in [1.165, 1.54) is 6.07 Å². The summed E-state index contributed by atoms with van der Waals surface area (Å²) >= 11 is 6.08. The van der Waals surface area contributed by atoms with Gasteiger partial charge in [0.15, 0.2) is 6.61 Å². The Hall–Kier alpha value is -2.74. The van der Waals surface area contributed by atoms with Crippen molar-refractivity contribution >= 4 is 28.4 Å². The van der Waals surface area contributed by atoms with Gasteiger partial charge in [-0.05, 0) is 42.5 Å². The van der Waals surface area contributed by atoms with E-state index in [1.54, 1.807) is 6.07 Å². The van der Waals surface area contributed by atoms with Gasteiger partial charge in [-0.15, -0.1) is 0 Å². The van der Waals surface area contributed by atoms with Gasteiger partial charge in [-0.2, -0.15) is 13.2 Å².